The molecule has 0 N–H and O–H groups in total. The molecular weight excluding hydrogens is 386 g/mol. The van der Waals surface area contributed by atoms with Gasteiger partial charge in [-0.2, -0.15) is 5.10 Å². The van der Waals surface area contributed by atoms with Crippen LogP contribution in [0.1, 0.15) is 27.4 Å². The van der Waals surface area contributed by atoms with Crippen molar-refractivity contribution in [1.82, 2.24) is 14.9 Å². The van der Waals surface area contributed by atoms with Gasteiger partial charge < -0.3 is 9.26 Å². The van der Waals surface area contributed by atoms with Gasteiger partial charge in [-0.05, 0) is 42.8 Å². The number of aromatic nitrogens is 3. The average Bonchev–Trinajstić information content (AvgIpc) is 3.43. The van der Waals surface area contributed by atoms with Gasteiger partial charge in [0.25, 0.3) is 0 Å². The normalized spacial score (nSPS) is 10.8. The fourth-order valence-electron chi connectivity index (χ4n) is 2.79. The fraction of sp³-hybridized carbons (Fsp3) is 0.136. The molecule has 0 aliphatic carbocycles. The first-order chi connectivity index (χ1) is 14.2. The van der Waals surface area contributed by atoms with Gasteiger partial charge in [-0.1, -0.05) is 29.4 Å². The Morgan fingerprint density at radius 2 is 1.97 bits per heavy atom. The lowest BCUT2D eigenvalue weighted by Crippen LogP contribution is -2.07. The van der Waals surface area contributed by atoms with Crippen LogP contribution in [0.15, 0.2) is 82.5 Å². The van der Waals surface area contributed by atoms with E-state index in [9.17, 15) is 4.79 Å². The van der Waals surface area contributed by atoms with Gasteiger partial charge in [0.15, 0.2) is 0 Å². The third-order valence-electron chi connectivity index (χ3n) is 4.23. The number of esters is 1. The number of rotatable bonds is 7. The number of ether oxygens (including phenoxy) is 1. The summed E-state index contributed by atoms with van der Waals surface area (Å²) in [5, 5.41) is 8.19. The first kappa shape index (κ1) is 19.0. The lowest BCUT2D eigenvalue weighted by Gasteiger charge is -2.09. The minimum atomic E-state index is -0.347. The predicted molar refractivity (Wildman–Crippen MR) is 110 cm³/mol. The number of nitrogens with zero attached hydrogens (tertiary/aromatic N) is 3. The van der Waals surface area contributed by atoms with Crippen LogP contribution in [0.5, 0.6) is 0 Å². The van der Waals surface area contributed by atoms with Crippen LogP contribution >= 0.6 is 11.8 Å². The molecule has 2 aromatic heterocycles. The number of benzene rings is 2. The Balaban J connectivity index is 1.38. The molecule has 7 heteroatoms. The molecule has 0 atom stereocenters. The van der Waals surface area contributed by atoms with Crippen LogP contribution in [0, 0.1) is 6.92 Å². The molecule has 0 fully saturated rings. The van der Waals surface area contributed by atoms with Crippen molar-refractivity contribution < 1.29 is 14.1 Å². The van der Waals surface area contributed by atoms with Gasteiger partial charge in [0.1, 0.15) is 12.4 Å². The van der Waals surface area contributed by atoms with E-state index in [0.29, 0.717) is 11.3 Å². The number of carbonyl (C=O) groups is 1. The monoisotopic (exact) mass is 405 g/mol. The Kier molecular flexibility index (Phi) is 5.76. The Morgan fingerprint density at radius 3 is 2.69 bits per heavy atom. The second kappa shape index (κ2) is 8.79. The highest BCUT2D eigenvalue weighted by Gasteiger charge is 2.14. The van der Waals surface area contributed by atoms with Gasteiger partial charge in [0.2, 0.25) is 0 Å². The summed E-state index contributed by atoms with van der Waals surface area (Å²) >= 11 is 1.53. The molecule has 0 saturated carbocycles. The van der Waals surface area contributed by atoms with Gasteiger partial charge in [-0.3, -0.25) is 0 Å². The molecule has 29 heavy (non-hydrogen) atoms. The van der Waals surface area contributed by atoms with Gasteiger partial charge in [0.05, 0.1) is 16.9 Å². The minimum absolute atomic E-state index is 0.208. The van der Waals surface area contributed by atoms with Crippen LogP contribution in [-0.2, 0) is 17.1 Å². The van der Waals surface area contributed by atoms with E-state index < -0.39 is 0 Å². The number of thioether (sulfide) groups is 1. The highest BCUT2D eigenvalue weighted by atomic mass is 32.2. The van der Waals surface area contributed by atoms with Gasteiger partial charge in [-0.25, -0.2) is 9.48 Å². The maximum atomic E-state index is 12.6. The van der Waals surface area contributed by atoms with Crippen LogP contribution in [0.3, 0.4) is 0 Å². The molecule has 0 aliphatic rings. The third-order valence-corrected chi connectivity index (χ3v) is 5.34. The van der Waals surface area contributed by atoms with Crippen LogP contribution in [-0.4, -0.2) is 20.9 Å². The lowest BCUT2D eigenvalue weighted by molar-refractivity contribution is 0.0468. The fourth-order valence-corrected chi connectivity index (χ4v) is 3.71. The number of hydrogen-bond acceptors (Lipinski definition) is 6. The van der Waals surface area contributed by atoms with Crippen LogP contribution < -0.4 is 0 Å². The zero-order valence-electron chi connectivity index (χ0n) is 15.8. The summed E-state index contributed by atoms with van der Waals surface area (Å²) in [5.41, 5.74) is 3.26. The summed E-state index contributed by atoms with van der Waals surface area (Å²) in [6, 6.07) is 18.9. The largest absolute Gasteiger partial charge is 0.457 e. The maximum Gasteiger partial charge on any atom is 0.339 e. The van der Waals surface area contributed by atoms with Crippen molar-refractivity contribution in [3.63, 3.8) is 0 Å². The number of carbonyl (C=O) groups excluding carboxylic acids is 1. The molecule has 0 spiro atoms. The van der Waals surface area contributed by atoms with Crippen LogP contribution in [0.25, 0.3) is 5.69 Å². The first-order valence-electron chi connectivity index (χ1n) is 9.09. The molecule has 2 heterocycles. The van der Waals surface area contributed by atoms with E-state index in [4.69, 9.17) is 9.26 Å². The molecule has 0 radical (unpaired) electrons. The summed E-state index contributed by atoms with van der Waals surface area (Å²) in [7, 11) is 0. The zero-order valence-corrected chi connectivity index (χ0v) is 16.6. The smallest absolute Gasteiger partial charge is 0.339 e. The van der Waals surface area contributed by atoms with Crippen molar-refractivity contribution in [2.75, 3.05) is 0 Å². The van der Waals surface area contributed by atoms with Crippen LogP contribution in [0.2, 0.25) is 0 Å². The average molecular weight is 405 g/mol. The first-order valence-corrected chi connectivity index (χ1v) is 10.1. The van der Waals surface area contributed by atoms with Crippen LogP contribution in [0.4, 0.5) is 0 Å². The standard InChI is InChI=1S/C22H19N3O3S/c1-16-13-18(24-28-16)15-29-21-6-3-2-5-20(21)22(26)27-14-17-7-9-19(10-8-17)25-12-4-11-23-25/h2-13H,14-15H2,1H3. The molecule has 0 saturated heterocycles. The molecule has 4 rings (SSSR count). The van der Waals surface area contributed by atoms with E-state index in [1.54, 1.807) is 16.9 Å². The van der Waals surface area contributed by atoms with E-state index in [0.717, 1.165) is 27.6 Å². The van der Waals surface area contributed by atoms with E-state index >= 15 is 0 Å². The summed E-state index contributed by atoms with van der Waals surface area (Å²) < 4.78 is 12.4. The van der Waals surface area contributed by atoms with E-state index in [1.165, 1.54) is 11.8 Å². The molecule has 0 unspecified atom stereocenters. The molecule has 6 nitrogen and oxygen atoms in total. The Labute approximate surface area is 172 Å². The van der Waals surface area contributed by atoms with Gasteiger partial charge in [0, 0.05) is 29.1 Å². The summed E-state index contributed by atoms with van der Waals surface area (Å²) in [6.07, 6.45) is 3.61. The summed E-state index contributed by atoms with van der Waals surface area (Å²) in [4.78, 5) is 13.5. The highest BCUT2D eigenvalue weighted by molar-refractivity contribution is 7.98. The molecule has 0 amide bonds. The van der Waals surface area contributed by atoms with Crippen molar-refractivity contribution in [1.29, 1.82) is 0 Å². The van der Waals surface area contributed by atoms with Crippen molar-refractivity contribution >= 4 is 17.7 Å². The zero-order chi connectivity index (χ0) is 20.1. The minimum Gasteiger partial charge on any atom is -0.457 e. The third kappa shape index (κ3) is 4.75. The molecule has 4 aromatic rings. The van der Waals surface area contributed by atoms with Gasteiger partial charge in [-0.15, -0.1) is 11.8 Å². The van der Waals surface area contributed by atoms with E-state index in [1.807, 2.05) is 67.7 Å². The predicted octanol–water partition coefficient (Wildman–Crippen LogP) is 4.82. The summed E-state index contributed by atoms with van der Waals surface area (Å²) in [6.45, 7) is 2.06. The van der Waals surface area contributed by atoms with Gasteiger partial charge >= 0.3 is 5.97 Å². The number of hydrogen-bond donors (Lipinski definition) is 0. The Bertz CT molecular complexity index is 1090. The highest BCUT2D eigenvalue weighted by Crippen LogP contribution is 2.27. The molecule has 0 bridgehead atoms. The van der Waals surface area contributed by atoms with E-state index in [2.05, 4.69) is 10.3 Å². The van der Waals surface area contributed by atoms with E-state index in [-0.39, 0.29) is 12.6 Å². The molecule has 0 aliphatic heterocycles. The Morgan fingerprint density at radius 1 is 1.14 bits per heavy atom. The maximum absolute atomic E-state index is 12.6. The van der Waals surface area contributed by atoms with Crippen molar-refractivity contribution in [2.45, 2.75) is 24.2 Å². The SMILES string of the molecule is Cc1cc(CSc2ccccc2C(=O)OCc2ccc(-n3cccn3)cc2)no1. The Hall–Kier alpha value is -3.32. The second-order valence-corrected chi connectivity index (χ2v) is 7.42. The molecular formula is C22H19N3O3S. The molecule has 2 aromatic carbocycles. The second-order valence-electron chi connectivity index (χ2n) is 6.41. The topological polar surface area (TPSA) is 70.2 Å². The number of aryl methyl sites for hydroxylation is 1. The van der Waals surface area contributed by atoms with Crippen molar-refractivity contribution in [2.24, 2.45) is 0 Å². The van der Waals surface area contributed by atoms with Crippen molar-refractivity contribution in [3.05, 3.63) is 95.6 Å². The lowest BCUT2D eigenvalue weighted by atomic mass is 10.2. The summed E-state index contributed by atoms with van der Waals surface area (Å²) in [5.74, 6) is 1.05. The molecule has 146 valence electrons. The van der Waals surface area contributed by atoms with Crippen molar-refractivity contribution in [3.8, 4) is 5.69 Å². The quantitative estimate of drug-likeness (QED) is 0.324.